The lowest BCUT2D eigenvalue weighted by Crippen LogP contribution is -2.21. The molecule has 4 rings (SSSR count). The summed E-state index contributed by atoms with van der Waals surface area (Å²) in [5.74, 6) is -0.944. The maximum atomic E-state index is 12.5. The normalized spacial score (nSPS) is 12.5. The highest BCUT2D eigenvalue weighted by molar-refractivity contribution is 5.98. The number of hydrogen-bond acceptors (Lipinski definition) is 6. The fraction of sp³-hybridized carbons (Fsp3) is 0.167. The van der Waals surface area contributed by atoms with Gasteiger partial charge in [-0.05, 0) is 78.9 Å². The number of nitrogens with zero attached hydrogens (tertiary/aromatic N) is 2. The Bertz CT molecular complexity index is 1140. The second-order valence-corrected chi connectivity index (χ2v) is 7.19. The Labute approximate surface area is 179 Å². The van der Waals surface area contributed by atoms with E-state index >= 15 is 0 Å². The molecule has 0 radical (unpaired) electrons. The number of aromatic hydroxyl groups is 1. The van der Waals surface area contributed by atoms with Crippen molar-refractivity contribution in [2.45, 2.75) is 19.3 Å². The molecule has 0 saturated carbocycles. The molecule has 0 aliphatic heterocycles. The Hall–Kier alpha value is -4.00. The molecule has 0 fully saturated rings. The van der Waals surface area contributed by atoms with Crippen LogP contribution in [0, 0.1) is 0 Å². The Morgan fingerprint density at radius 3 is 2.55 bits per heavy atom. The van der Waals surface area contributed by atoms with Crippen molar-refractivity contribution in [3.63, 3.8) is 0 Å². The predicted molar refractivity (Wildman–Crippen MR) is 116 cm³/mol. The van der Waals surface area contributed by atoms with Crippen molar-refractivity contribution in [3.05, 3.63) is 83.4 Å². The summed E-state index contributed by atoms with van der Waals surface area (Å²) in [4.78, 5) is 24.7. The van der Waals surface area contributed by atoms with Gasteiger partial charge in [-0.25, -0.2) is 4.79 Å². The fourth-order valence-corrected chi connectivity index (χ4v) is 3.42. The molecule has 0 atom stereocenters. The van der Waals surface area contributed by atoms with Gasteiger partial charge in [0.15, 0.2) is 6.61 Å². The zero-order chi connectivity index (χ0) is 21.6. The minimum Gasteiger partial charge on any atom is -0.508 e. The first-order valence-electron chi connectivity index (χ1n) is 9.97. The molecule has 1 amide bonds. The van der Waals surface area contributed by atoms with Crippen LogP contribution in [0.1, 0.15) is 27.9 Å². The number of esters is 1. The van der Waals surface area contributed by atoms with Crippen LogP contribution in [0.3, 0.4) is 0 Å². The van der Waals surface area contributed by atoms with E-state index in [-0.39, 0.29) is 11.3 Å². The van der Waals surface area contributed by atoms with Crippen molar-refractivity contribution in [3.8, 4) is 5.75 Å². The minimum absolute atomic E-state index is 0.126. The smallest absolute Gasteiger partial charge is 0.340 e. The summed E-state index contributed by atoms with van der Waals surface area (Å²) in [6.45, 7) is -0.403. The molecule has 7 heteroatoms. The number of carbonyl (C=O) groups excluding carboxylic acids is 2. The Morgan fingerprint density at radius 1 is 0.935 bits per heavy atom. The summed E-state index contributed by atoms with van der Waals surface area (Å²) < 4.78 is 5.18. The largest absolute Gasteiger partial charge is 0.508 e. The average molecular weight is 415 g/mol. The first-order valence-corrected chi connectivity index (χ1v) is 9.97. The summed E-state index contributed by atoms with van der Waals surface area (Å²) in [5.41, 5.74) is 4.32. The molecule has 3 aromatic rings. The van der Waals surface area contributed by atoms with Crippen LogP contribution in [0.2, 0.25) is 0 Å². The van der Waals surface area contributed by atoms with Gasteiger partial charge in [0.1, 0.15) is 11.4 Å². The summed E-state index contributed by atoms with van der Waals surface area (Å²) >= 11 is 0. The highest BCUT2D eigenvalue weighted by atomic mass is 16.5. The molecule has 0 aromatic heterocycles. The summed E-state index contributed by atoms with van der Waals surface area (Å²) in [6.07, 6.45) is 3.22. The number of phenolic OH excluding ortho intramolecular Hbond substituents is 1. The number of azo groups is 1. The summed E-state index contributed by atoms with van der Waals surface area (Å²) in [5, 5.41) is 20.3. The van der Waals surface area contributed by atoms with Gasteiger partial charge in [0.25, 0.3) is 5.91 Å². The Morgan fingerprint density at radius 2 is 1.71 bits per heavy atom. The van der Waals surface area contributed by atoms with Gasteiger partial charge in [-0.3, -0.25) is 4.79 Å². The Kier molecular flexibility index (Phi) is 6.03. The van der Waals surface area contributed by atoms with E-state index in [1.807, 2.05) is 18.2 Å². The van der Waals surface area contributed by atoms with Crippen molar-refractivity contribution in [1.29, 1.82) is 0 Å². The van der Waals surface area contributed by atoms with Crippen LogP contribution < -0.4 is 5.32 Å². The zero-order valence-corrected chi connectivity index (χ0v) is 16.7. The van der Waals surface area contributed by atoms with Crippen LogP contribution in [0.4, 0.5) is 17.1 Å². The molecule has 1 aliphatic carbocycles. The molecular formula is C24H21N3O4. The zero-order valence-electron chi connectivity index (χ0n) is 16.7. The van der Waals surface area contributed by atoms with Gasteiger partial charge >= 0.3 is 5.97 Å². The topological polar surface area (TPSA) is 100 Å². The van der Waals surface area contributed by atoms with Gasteiger partial charge in [0.05, 0.1) is 11.3 Å². The van der Waals surface area contributed by atoms with Crippen LogP contribution in [-0.4, -0.2) is 23.6 Å². The molecule has 0 saturated heterocycles. The van der Waals surface area contributed by atoms with E-state index in [0.29, 0.717) is 17.1 Å². The van der Waals surface area contributed by atoms with Crippen LogP contribution in [0.15, 0.2) is 77.0 Å². The Balaban J connectivity index is 1.37. The lowest BCUT2D eigenvalue weighted by Gasteiger charge is -2.09. The van der Waals surface area contributed by atoms with Gasteiger partial charge in [-0.2, -0.15) is 5.11 Å². The molecule has 31 heavy (non-hydrogen) atoms. The summed E-state index contributed by atoms with van der Waals surface area (Å²) in [6, 6.07) is 18.7. The van der Waals surface area contributed by atoms with E-state index in [0.717, 1.165) is 19.3 Å². The van der Waals surface area contributed by atoms with E-state index in [1.54, 1.807) is 36.4 Å². The van der Waals surface area contributed by atoms with Crippen LogP contribution in [0.5, 0.6) is 5.75 Å². The number of phenols is 1. The third-order valence-corrected chi connectivity index (χ3v) is 4.96. The van der Waals surface area contributed by atoms with Crippen molar-refractivity contribution in [1.82, 2.24) is 0 Å². The predicted octanol–water partition coefficient (Wildman–Crippen LogP) is 5.09. The lowest BCUT2D eigenvalue weighted by atomic mass is 10.1. The van der Waals surface area contributed by atoms with Crippen LogP contribution in [0.25, 0.3) is 0 Å². The third kappa shape index (κ3) is 5.14. The SMILES string of the molecule is O=C(COC(=O)c1ccccc1N=Nc1ccc(O)cc1)Nc1ccc2c(c1)CCC2. The van der Waals surface area contributed by atoms with Gasteiger partial charge in [-0.1, -0.05) is 18.2 Å². The highest BCUT2D eigenvalue weighted by Gasteiger charge is 2.15. The average Bonchev–Trinajstić information content (AvgIpc) is 3.25. The van der Waals surface area contributed by atoms with E-state index in [9.17, 15) is 14.7 Å². The van der Waals surface area contributed by atoms with E-state index in [4.69, 9.17) is 4.74 Å². The van der Waals surface area contributed by atoms with Crippen molar-refractivity contribution in [2.75, 3.05) is 11.9 Å². The number of anilines is 1. The maximum absolute atomic E-state index is 12.5. The van der Waals surface area contributed by atoms with Crippen LogP contribution >= 0.6 is 0 Å². The number of fused-ring (bicyclic) bond motifs is 1. The lowest BCUT2D eigenvalue weighted by molar-refractivity contribution is -0.119. The van der Waals surface area contributed by atoms with Crippen molar-refractivity contribution in [2.24, 2.45) is 10.2 Å². The second kappa shape index (κ2) is 9.21. The van der Waals surface area contributed by atoms with Crippen molar-refractivity contribution >= 4 is 28.9 Å². The molecule has 7 nitrogen and oxygen atoms in total. The quantitative estimate of drug-likeness (QED) is 0.432. The molecule has 1 aliphatic rings. The van der Waals surface area contributed by atoms with Crippen molar-refractivity contribution < 1.29 is 19.4 Å². The number of hydrogen-bond donors (Lipinski definition) is 2. The van der Waals surface area contributed by atoms with Gasteiger partial charge in [0.2, 0.25) is 0 Å². The monoisotopic (exact) mass is 415 g/mol. The number of carbonyl (C=O) groups is 2. The highest BCUT2D eigenvalue weighted by Crippen LogP contribution is 2.26. The maximum Gasteiger partial charge on any atom is 0.340 e. The molecule has 0 spiro atoms. The molecular weight excluding hydrogens is 394 g/mol. The first kappa shape index (κ1) is 20.3. The number of amides is 1. The molecule has 0 heterocycles. The molecule has 0 unspecified atom stereocenters. The summed E-state index contributed by atoms with van der Waals surface area (Å²) in [7, 11) is 0. The fourth-order valence-electron chi connectivity index (χ4n) is 3.42. The number of aryl methyl sites for hydroxylation is 2. The molecule has 156 valence electrons. The van der Waals surface area contributed by atoms with Gasteiger partial charge in [0, 0.05) is 5.69 Å². The van der Waals surface area contributed by atoms with Crippen LogP contribution in [-0.2, 0) is 22.4 Å². The van der Waals surface area contributed by atoms with E-state index in [2.05, 4.69) is 15.5 Å². The van der Waals surface area contributed by atoms with E-state index < -0.39 is 18.5 Å². The molecule has 2 N–H and O–H groups in total. The number of rotatable bonds is 6. The first-order chi connectivity index (χ1) is 15.1. The second-order valence-electron chi connectivity index (χ2n) is 7.19. The number of ether oxygens (including phenoxy) is 1. The number of nitrogens with one attached hydrogen (secondary N) is 1. The van der Waals surface area contributed by atoms with E-state index in [1.165, 1.54) is 23.3 Å². The third-order valence-electron chi connectivity index (χ3n) is 4.96. The molecule has 0 bridgehead atoms. The minimum atomic E-state index is -0.663. The van der Waals surface area contributed by atoms with Gasteiger partial charge < -0.3 is 15.2 Å². The number of benzene rings is 3. The standard InChI is InChI=1S/C24H21N3O4/c28-20-12-10-18(11-13-20)26-27-22-7-2-1-6-21(22)24(30)31-15-23(29)25-19-9-8-16-4-3-5-17(16)14-19/h1-2,6-14,28H,3-5,15H2,(H,25,29). The van der Waals surface area contributed by atoms with Gasteiger partial charge in [-0.15, -0.1) is 5.11 Å². The molecule has 3 aromatic carbocycles.